The third kappa shape index (κ3) is 7.47. The smallest absolute Gasteiger partial charge is 0.411 e. The van der Waals surface area contributed by atoms with Crippen molar-refractivity contribution in [1.82, 2.24) is 4.90 Å². The molecule has 0 atom stereocenters. The first-order valence-electron chi connectivity index (χ1n) is 9.76. The van der Waals surface area contributed by atoms with E-state index in [2.05, 4.69) is 5.32 Å². The third-order valence-electron chi connectivity index (χ3n) is 4.63. The van der Waals surface area contributed by atoms with Crippen LogP contribution in [-0.2, 0) is 19.3 Å². The highest BCUT2D eigenvalue weighted by Gasteiger charge is 2.26. The molecule has 0 bridgehead atoms. The van der Waals surface area contributed by atoms with Crippen LogP contribution < -0.4 is 5.32 Å². The Hall–Kier alpha value is -2.36. The molecule has 10 heteroatoms. The molecular formula is C20H29FN2O6S. The van der Waals surface area contributed by atoms with Gasteiger partial charge in [0.2, 0.25) is 0 Å². The highest BCUT2D eigenvalue weighted by Crippen LogP contribution is 2.23. The largest absolute Gasteiger partial charge is 0.449 e. The summed E-state index contributed by atoms with van der Waals surface area (Å²) in [6.07, 6.45) is 2.04. The van der Waals surface area contributed by atoms with Crippen LogP contribution in [0.1, 0.15) is 40.0 Å². The SMILES string of the molecule is CC(C)(C)OC(=O)N1CCC(CCOC(=O)Nc2ccc(S(C)(=O)=O)cc2F)CC1. The molecule has 2 rings (SSSR count). The van der Waals surface area contributed by atoms with Gasteiger partial charge >= 0.3 is 12.2 Å². The number of ether oxygens (including phenoxy) is 2. The number of sulfone groups is 1. The van der Waals surface area contributed by atoms with Crippen LogP contribution in [0.4, 0.5) is 19.7 Å². The second kappa shape index (κ2) is 9.63. The lowest BCUT2D eigenvalue weighted by Crippen LogP contribution is -2.41. The Labute approximate surface area is 176 Å². The second-order valence-electron chi connectivity index (χ2n) is 8.37. The fourth-order valence-corrected chi connectivity index (χ4v) is 3.66. The summed E-state index contributed by atoms with van der Waals surface area (Å²) in [5, 5.41) is 2.27. The van der Waals surface area contributed by atoms with E-state index in [0.717, 1.165) is 25.2 Å². The highest BCUT2D eigenvalue weighted by molar-refractivity contribution is 7.90. The maximum absolute atomic E-state index is 14.0. The van der Waals surface area contributed by atoms with Crippen molar-refractivity contribution in [2.75, 3.05) is 31.3 Å². The fraction of sp³-hybridized carbons (Fsp3) is 0.600. The molecule has 1 aromatic rings. The standard InChI is InChI=1S/C20H29FN2O6S/c1-20(2,3)29-19(25)23-10-7-14(8-11-23)9-12-28-18(24)22-17-6-5-15(13-16(17)21)30(4,26)27/h5-6,13-14H,7-12H2,1-4H3,(H,22,24). The zero-order chi connectivity index (χ0) is 22.5. The Morgan fingerprint density at radius 1 is 1.23 bits per heavy atom. The van der Waals surface area contributed by atoms with Gasteiger partial charge in [0.1, 0.15) is 11.4 Å². The minimum absolute atomic E-state index is 0.155. The molecule has 1 heterocycles. The molecule has 0 aromatic heterocycles. The summed E-state index contributed by atoms with van der Waals surface area (Å²) >= 11 is 0. The topological polar surface area (TPSA) is 102 Å². The van der Waals surface area contributed by atoms with E-state index >= 15 is 0 Å². The first kappa shape index (κ1) is 23.9. The lowest BCUT2D eigenvalue weighted by molar-refractivity contribution is 0.0175. The number of carbonyl (C=O) groups is 2. The lowest BCUT2D eigenvalue weighted by Gasteiger charge is -2.33. The summed E-state index contributed by atoms with van der Waals surface area (Å²) in [5.74, 6) is -0.549. The van der Waals surface area contributed by atoms with E-state index < -0.39 is 27.3 Å². The number of halogens is 1. The van der Waals surface area contributed by atoms with E-state index in [0.29, 0.717) is 25.4 Å². The Balaban J connectivity index is 1.73. The zero-order valence-electron chi connectivity index (χ0n) is 17.7. The van der Waals surface area contributed by atoms with Gasteiger partial charge in [0.25, 0.3) is 0 Å². The minimum atomic E-state index is -3.53. The fourth-order valence-electron chi connectivity index (χ4n) is 3.02. The molecule has 1 aromatic carbocycles. The third-order valence-corrected chi connectivity index (χ3v) is 5.74. The van der Waals surface area contributed by atoms with Crippen molar-refractivity contribution >= 4 is 27.7 Å². The van der Waals surface area contributed by atoms with Crippen molar-refractivity contribution in [1.29, 1.82) is 0 Å². The number of piperidine rings is 1. The number of nitrogens with one attached hydrogen (secondary N) is 1. The van der Waals surface area contributed by atoms with E-state index in [1.54, 1.807) is 4.90 Å². The average Bonchev–Trinajstić information content (AvgIpc) is 2.61. The van der Waals surface area contributed by atoms with Crippen LogP contribution in [0, 0.1) is 11.7 Å². The normalized spacial score (nSPS) is 15.6. The minimum Gasteiger partial charge on any atom is -0.449 e. The number of likely N-dealkylation sites (tertiary alicyclic amines) is 1. The Bertz CT molecular complexity index is 874. The molecule has 1 fully saturated rings. The van der Waals surface area contributed by atoms with E-state index in [1.807, 2.05) is 20.8 Å². The van der Waals surface area contributed by atoms with Gasteiger partial charge in [-0.3, -0.25) is 5.32 Å². The van der Waals surface area contributed by atoms with Crippen molar-refractivity contribution in [2.24, 2.45) is 5.92 Å². The summed E-state index contributed by atoms with van der Waals surface area (Å²) in [7, 11) is -3.53. The summed E-state index contributed by atoms with van der Waals surface area (Å²) in [6.45, 7) is 6.81. The van der Waals surface area contributed by atoms with Crippen LogP contribution in [0.15, 0.2) is 23.1 Å². The number of rotatable bonds is 5. The first-order valence-corrected chi connectivity index (χ1v) is 11.7. The zero-order valence-corrected chi connectivity index (χ0v) is 18.6. The van der Waals surface area contributed by atoms with Crippen LogP contribution >= 0.6 is 0 Å². The Kier molecular flexibility index (Phi) is 7.68. The van der Waals surface area contributed by atoms with Crippen LogP contribution in [-0.4, -0.2) is 57.1 Å². The second-order valence-corrected chi connectivity index (χ2v) is 10.4. The molecule has 30 heavy (non-hydrogen) atoms. The van der Waals surface area contributed by atoms with Crippen LogP contribution in [0.25, 0.3) is 0 Å². The molecule has 0 unspecified atom stereocenters. The molecule has 1 aliphatic rings. The van der Waals surface area contributed by atoms with Gasteiger partial charge in [-0.2, -0.15) is 0 Å². The van der Waals surface area contributed by atoms with Gasteiger partial charge in [0.15, 0.2) is 9.84 Å². The van der Waals surface area contributed by atoms with Gasteiger partial charge in [-0.25, -0.2) is 22.4 Å². The number of nitrogens with zero attached hydrogens (tertiary/aromatic N) is 1. The number of anilines is 1. The van der Waals surface area contributed by atoms with Gasteiger partial charge in [-0.15, -0.1) is 0 Å². The molecule has 1 saturated heterocycles. The van der Waals surface area contributed by atoms with Crippen LogP contribution in [0.5, 0.6) is 0 Å². The van der Waals surface area contributed by atoms with Gasteiger partial charge in [-0.1, -0.05) is 0 Å². The van der Waals surface area contributed by atoms with Crippen molar-refractivity contribution in [2.45, 2.75) is 50.5 Å². The monoisotopic (exact) mass is 444 g/mol. The predicted molar refractivity (Wildman–Crippen MR) is 110 cm³/mol. The summed E-state index contributed by atoms with van der Waals surface area (Å²) in [6, 6.07) is 3.25. The van der Waals surface area contributed by atoms with Crippen molar-refractivity contribution in [3.05, 3.63) is 24.0 Å². The van der Waals surface area contributed by atoms with Gasteiger partial charge in [0, 0.05) is 19.3 Å². The number of amides is 2. The number of hydrogen-bond donors (Lipinski definition) is 1. The summed E-state index contributed by atoms with van der Waals surface area (Å²) in [4.78, 5) is 25.4. The summed E-state index contributed by atoms with van der Waals surface area (Å²) in [5.41, 5.74) is -0.683. The molecular weight excluding hydrogens is 415 g/mol. The van der Waals surface area contributed by atoms with Crippen molar-refractivity contribution < 1.29 is 31.9 Å². The van der Waals surface area contributed by atoms with E-state index in [-0.39, 0.29) is 23.3 Å². The van der Waals surface area contributed by atoms with Crippen LogP contribution in [0.2, 0.25) is 0 Å². The quantitative estimate of drug-likeness (QED) is 0.741. The first-order chi connectivity index (χ1) is 13.8. The maximum atomic E-state index is 14.0. The Morgan fingerprint density at radius 2 is 1.87 bits per heavy atom. The molecule has 0 aliphatic carbocycles. The van der Waals surface area contributed by atoms with Gasteiger partial charge in [-0.05, 0) is 64.2 Å². The number of carbonyl (C=O) groups excluding carboxylic acids is 2. The molecule has 1 N–H and O–H groups in total. The van der Waals surface area contributed by atoms with E-state index in [1.165, 1.54) is 12.1 Å². The number of hydrogen-bond acceptors (Lipinski definition) is 6. The van der Waals surface area contributed by atoms with E-state index in [9.17, 15) is 22.4 Å². The predicted octanol–water partition coefficient (Wildman–Crippen LogP) is 3.81. The maximum Gasteiger partial charge on any atom is 0.411 e. The van der Waals surface area contributed by atoms with Gasteiger partial charge < -0.3 is 14.4 Å². The molecule has 0 radical (unpaired) electrons. The van der Waals surface area contributed by atoms with Gasteiger partial charge in [0.05, 0.1) is 17.2 Å². The molecule has 1 aliphatic heterocycles. The van der Waals surface area contributed by atoms with Crippen molar-refractivity contribution in [3.63, 3.8) is 0 Å². The average molecular weight is 445 g/mol. The molecule has 8 nitrogen and oxygen atoms in total. The Morgan fingerprint density at radius 3 is 2.40 bits per heavy atom. The molecule has 168 valence electrons. The van der Waals surface area contributed by atoms with Crippen molar-refractivity contribution in [3.8, 4) is 0 Å². The highest BCUT2D eigenvalue weighted by atomic mass is 32.2. The summed E-state index contributed by atoms with van der Waals surface area (Å²) < 4.78 is 47.3. The van der Waals surface area contributed by atoms with Crippen LogP contribution in [0.3, 0.4) is 0 Å². The lowest BCUT2D eigenvalue weighted by atomic mass is 9.94. The molecule has 2 amide bonds. The van der Waals surface area contributed by atoms with E-state index in [4.69, 9.17) is 9.47 Å². The molecule has 0 saturated carbocycles. The number of benzene rings is 1. The molecule has 0 spiro atoms.